The highest BCUT2D eigenvalue weighted by molar-refractivity contribution is 7.25. The number of carbonyl (C=O) groups excluding carboxylic acids is 1. The number of rotatable bonds is 4. The Morgan fingerprint density at radius 2 is 2.14 bits per heavy atom. The van der Waals surface area contributed by atoms with Gasteiger partial charge in [0.05, 0.1) is 11.8 Å². The first-order valence-corrected chi connectivity index (χ1v) is 10.0. The van der Waals surface area contributed by atoms with Crippen molar-refractivity contribution >= 4 is 55.0 Å². The van der Waals surface area contributed by atoms with Crippen LogP contribution in [0.3, 0.4) is 0 Å². The van der Waals surface area contributed by atoms with Crippen molar-refractivity contribution in [2.45, 2.75) is 26.3 Å². The van der Waals surface area contributed by atoms with Crippen LogP contribution in [0.15, 0.2) is 47.7 Å². The molecule has 28 heavy (non-hydrogen) atoms. The van der Waals surface area contributed by atoms with E-state index in [1.54, 1.807) is 18.3 Å². The number of halogens is 1. The highest BCUT2D eigenvalue weighted by Gasteiger charge is 2.22. The van der Waals surface area contributed by atoms with Gasteiger partial charge < -0.3 is 5.32 Å². The maximum atomic E-state index is 13.1. The second-order valence-electron chi connectivity index (χ2n) is 6.47. The Kier molecular flexibility index (Phi) is 4.87. The average molecular weight is 413 g/mol. The highest BCUT2D eigenvalue weighted by atomic mass is 35.5. The van der Waals surface area contributed by atoms with Gasteiger partial charge in [0, 0.05) is 22.3 Å². The molecule has 0 fully saturated rings. The molecule has 3 aromatic heterocycles. The van der Waals surface area contributed by atoms with Gasteiger partial charge in [-0.2, -0.15) is 0 Å². The van der Waals surface area contributed by atoms with Crippen molar-refractivity contribution in [3.63, 3.8) is 0 Å². The number of nitrogens with zero attached hydrogens (tertiary/aromatic N) is 3. The van der Waals surface area contributed by atoms with Crippen molar-refractivity contribution in [2.75, 3.05) is 5.32 Å². The van der Waals surface area contributed by atoms with E-state index >= 15 is 0 Å². The Bertz CT molecular complexity index is 1260. The SMILES string of the molecule is CC[C@H](C(=O)Nc1ccc(C)c(Cl)c1)n1cnc2c(sc3ncccc32)c1=O. The molecule has 0 aliphatic rings. The van der Waals surface area contributed by atoms with E-state index in [2.05, 4.69) is 15.3 Å². The Labute approximate surface area is 169 Å². The highest BCUT2D eigenvalue weighted by Crippen LogP contribution is 2.29. The van der Waals surface area contributed by atoms with Crippen LogP contribution < -0.4 is 10.9 Å². The second kappa shape index (κ2) is 7.33. The number of aryl methyl sites for hydroxylation is 1. The molecule has 1 N–H and O–H groups in total. The summed E-state index contributed by atoms with van der Waals surface area (Å²) in [6, 6.07) is 8.35. The molecule has 1 atom stereocenters. The van der Waals surface area contributed by atoms with E-state index in [-0.39, 0.29) is 11.5 Å². The number of hydrogen-bond acceptors (Lipinski definition) is 5. The number of carbonyl (C=O) groups is 1. The van der Waals surface area contributed by atoms with Gasteiger partial charge in [0.2, 0.25) is 5.91 Å². The Balaban J connectivity index is 1.72. The monoisotopic (exact) mass is 412 g/mol. The summed E-state index contributed by atoms with van der Waals surface area (Å²) in [6.45, 7) is 3.75. The molecule has 0 unspecified atom stereocenters. The van der Waals surface area contributed by atoms with E-state index in [1.807, 2.05) is 32.0 Å². The molecular weight excluding hydrogens is 396 g/mol. The number of anilines is 1. The van der Waals surface area contributed by atoms with Crippen LogP contribution in [0.4, 0.5) is 5.69 Å². The number of fused-ring (bicyclic) bond motifs is 3. The lowest BCUT2D eigenvalue weighted by Crippen LogP contribution is -2.33. The average Bonchev–Trinajstić information content (AvgIpc) is 3.07. The standard InChI is InChI=1S/C20H17ClN4O2S/c1-3-15(18(26)24-12-7-6-11(2)14(21)9-12)25-10-23-16-13-5-4-8-22-19(13)28-17(16)20(25)27/h4-10,15H,3H2,1-2H3,(H,24,26)/t15-/m1/s1. The van der Waals surface area contributed by atoms with Gasteiger partial charge in [0.15, 0.2) is 0 Å². The summed E-state index contributed by atoms with van der Waals surface area (Å²) in [5, 5.41) is 4.26. The number of nitrogens with one attached hydrogen (secondary N) is 1. The molecule has 3 heterocycles. The molecule has 1 amide bonds. The molecule has 4 rings (SSSR count). The summed E-state index contributed by atoms with van der Waals surface area (Å²) in [7, 11) is 0. The fourth-order valence-corrected chi connectivity index (χ4v) is 4.32. The van der Waals surface area contributed by atoms with Gasteiger partial charge in [-0.15, -0.1) is 11.3 Å². The quantitative estimate of drug-likeness (QED) is 0.533. The molecular formula is C20H17ClN4O2S. The van der Waals surface area contributed by atoms with Gasteiger partial charge in [-0.1, -0.05) is 24.6 Å². The minimum absolute atomic E-state index is 0.239. The van der Waals surface area contributed by atoms with Crippen molar-refractivity contribution in [3.8, 4) is 0 Å². The predicted molar refractivity (Wildman–Crippen MR) is 113 cm³/mol. The van der Waals surface area contributed by atoms with E-state index < -0.39 is 6.04 Å². The Morgan fingerprint density at radius 3 is 2.89 bits per heavy atom. The third kappa shape index (κ3) is 3.16. The van der Waals surface area contributed by atoms with Crippen LogP contribution >= 0.6 is 22.9 Å². The summed E-state index contributed by atoms with van der Waals surface area (Å²) in [5.41, 5.74) is 1.90. The van der Waals surface area contributed by atoms with Gasteiger partial charge in [0.1, 0.15) is 15.6 Å². The molecule has 0 radical (unpaired) electrons. The molecule has 8 heteroatoms. The van der Waals surface area contributed by atoms with E-state index in [9.17, 15) is 9.59 Å². The van der Waals surface area contributed by atoms with Gasteiger partial charge >= 0.3 is 0 Å². The number of benzene rings is 1. The van der Waals surface area contributed by atoms with Crippen LogP contribution in [0.25, 0.3) is 20.4 Å². The lowest BCUT2D eigenvalue weighted by molar-refractivity contribution is -0.119. The fraction of sp³-hybridized carbons (Fsp3) is 0.200. The minimum Gasteiger partial charge on any atom is -0.324 e. The summed E-state index contributed by atoms with van der Waals surface area (Å²) in [6.07, 6.45) is 3.58. The summed E-state index contributed by atoms with van der Waals surface area (Å²) in [5.74, 6) is -0.287. The molecule has 6 nitrogen and oxygen atoms in total. The number of aromatic nitrogens is 3. The van der Waals surface area contributed by atoms with Crippen LogP contribution in [0.1, 0.15) is 24.9 Å². The largest absolute Gasteiger partial charge is 0.324 e. The third-order valence-electron chi connectivity index (χ3n) is 4.64. The van der Waals surface area contributed by atoms with Gasteiger partial charge in [-0.05, 0) is 43.2 Å². The maximum absolute atomic E-state index is 13.1. The maximum Gasteiger partial charge on any atom is 0.272 e. The van der Waals surface area contributed by atoms with E-state index in [4.69, 9.17) is 11.6 Å². The molecule has 0 bridgehead atoms. The van der Waals surface area contributed by atoms with E-state index in [1.165, 1.54) is 22.2 Å². The zero-order valence-electron chi connectivity index (χ0n) is 15.3. The van der Waals surface area contributed by atoms with E-state index in [0.717, 1.165) is 15.8 Å². The van der Waals surface area contributed by atoms with Crippen molar-refractivity contribution in [2.24, 2.45) is 0 Å². The van der Waals surface area contributed by atoms with E-state index in [0.29, 0.717) is 27.3 Å². The fourth-order valence-electron chi connectivity index (χ4n) is 3.11. The molecule has 0 spiro atoms. The summed E-state index contributed by atoms with van der Waals surface area (Å²) >= 11 is 7.43. The Morgan fingerprint density at radius 1 is 1.32 bits per heavy atom. The van der Waals surface area contributed by atoms with Gasteiger partial charge in [-0.25, -0.2) is 9.97 Å². The number of thiophene rings is 1. The molecule has 0 aliphatic heterocycles. The molecule has 4 aromatic rings. The van der Waals surface area contributed by atoms with Crippen LogP contribution in [-0.2, 0) is 4.79 Å². The number of pyridine rings is 1. The first-order valence-electron chi connectivity index (χ1n) is 8.81. The lowest BCUT2D eigenvalue weighted by Gasteiger charge is -2.17. The first-order chi connectivity index (χ1) is 13.5. The molecule has 0 aliphatic carbocycles. The van der Waals surface area contributed by atoms with Crippen molar-refractivity contribution in [1.82, 2.24) is 14.5 Å². The van der Waals surface area contributed by atoms with Crippen molar-refractivity contribution < 1.29 is 4.79 Å². The van der Waals surface area contributed by atoms with Crippen LogP contribution in [0.2, 0.25) is 5.02 Å². The normalized spacial score (nSPS) is 12.4. The predicted octanol–water partition coefficient (Wildman–Crippen LogP) is 4.56. The summed E-state index contributed by atoms with van der Waals surface area (Å²) < 4.78 is 1.89. The number of amides is 1. The van der Waals surface area contributed by atoms with Gasteiger partial charge in [0.25, 0.3) is 5.56 Å². The zero-order valence-corrected chi connectivity index (χ0v) is 16.8. The van der Waals surface area contributed by atoms with Crippen LogP contribution in [0, 0.1) is 6.92 Å². The Hall–Kier alpha value is -2.77. The number of hydrogen-bond donors (Lipinski definition) is 1. The van der Waals surface area contributed by atoms with Gasteiger partial charge in [-0.3, -0.25) is 14.2 Å². The summed E-state index contributed by atoms with van der Waals surface area (Å²) in [4.78, 5) is 35.4. The molecule has 0 saturated heterocycles. The van der Waals surface area contributed by atoms with Crippen molar-refractivity contribution in [3.05, 3.63) is 63.8 Å². The second-order valence-corrected chi connectivity index (χ2v) is 7.88. The molecule has 142 valence electrons. The molecule has 0 saturated carbocycles. The zero-order chi connectivity index (χ0) is 19.8. The molecule has 1 aromatic carbocycles. The lowest BCUT2D eigenvalue weighted by atomic mass is 10.2. The van der Waals surface area contributed by atoms with Crippen LogP contribution in [-0.4, -0.2) is 20.4 Å². The van der Waals surface area contributed by atoms with Crippen molar-refractivity contribution in [1.29, 1.82) is 0 Å². The minimum atomic E-state index is -0.678. The topological polar surface area (TPSA) is 76.9 Å². The first kappa shape index (κ1) is 18.6. The van der Waals surface area contributed by atoms with Crippen LogP contribution in [0.5, 0.6) is 0 Å². The smallest absolute Gasteiger partial charge is 0.272 e. The third-order valence-corrected chi connectivity index (χ3v) is 6.14.